The highest BCUT2D eigenvalue weighted by molar-refractivity contribution is 5.98. The number of benzene rings is 3. The van der Waals surface area contributed by atoms with Crippen LogP contribution in [0.3, 0.4) is 0 Å². The quantitative estimate of drug-likeness (QED) is 0.228. The molecule has 11 heteroatoms. The number of aliphatic hydroxyl groups is 1. The number of hydrogen-bond acceptors (Lipinski definition) is 8. The second-order valence-electron chi connectivity index (χ2n) is 8.33. The Balaban J connectivity index is 1.20. The maximum Gasteiger partial charge on any atom is 0.416 e. The number of anilines is 4. The highest BCUT2D eigenvalue weighted by Crippen LogP contribution is 2.41. The number of nitrogens with one attached hydrogen (secondary N) is 4. The zero-order valence-electron chi connectivity index (χ0n) is 18.5. The Morgan fingerprint density at radius 1 is 0.889 bits per heavy atom. The van der Waals surface area contributed by atoms with Crippen LogP contribution in [-0.4, -0.2) is 28.9 Å². The van der Waals surface area contributed by atoms with Crippen molar-refractivity contribution in [1.29, 1.82) is 0 Å². The molecule has 0 spiro atoms. The second kappa shape index (κ2) is 8.47. The lowest BCUT2D eigenvalue weighted by atomic mass is 10.1. The number of alkyl halides is 3. The van der Waals surface area contributed by atoms with Crippen LogP contribution in [0.15, 0.2) is 72.9 Å². The molecule has 36 heavy (non-hydrogen) atoms. The largest absolute Gasteiger partial charge is 0.454 e. The summed E-state index contributed by atoms with van der Waals surface area (Å²) in [6, 6.07) is 18.0. The van der Waals surface area contributed by atoms with Crippen LogP contribution in [0.25, 0.3) is 10.8 Å². The van der Waals surface area contributed by atoms with Gasteiger partial charge in [0.15, 0.2) is 24.0 Å². The summed E-state index contributed by atoms with van der Waals surface area (Å²) in [4.78, 5) is 4.18. The highest BCUT2D eigenvalue weighted by atomic mass is 19.4. The van der Waals surface area contributed by atoms with E-state index < -0.39 is 30.5 Å². The van der Waals surface area contributed by atoms with Crippen molar-refractivity contribution in [2.75, 3.05) is 21.3 Å². The van der Waals surface area contributed by atoms with Crippen LogP contribution in [0, 0.1) is 0 Å². The minimum absolute atomic E-state index is 0.325. The number of halogens is 3. The first-order chi connectivity index (χ1) is 17.3. The van der Waals surface area contributed by atoms with Crippen molar-refractivity contribution >= 4 is 33.7 Å². The summed E-state index contributed by atoms with van der Waals surface area (Å²) in [5.74, 6) is 1.60. The summed E-state index contributed by atoms with van der Waals surface area (Å²) in [5.41, 5.74) is 0.947. The van der Waals surface area contributed by atoms with E-state index in [1.54, 1.807) is 18.3 Å². The number of hydrogen-bond donors (Lipinski definition) is 5. The summed E-state index contributed by atoms with van der Waals surface area (Å²) < 4.78 is 50.7. The molecule has 0 aliphatic carbocycles. The number of nitrogens with zero attached hydrogens (tertiary/aromatic N) is 1. The van der Waals surface area contributed by atoms with Gasteiger partial charge in [0.05, 0.1) is 5.56 Å². The van der Waals surface area contributed by atoms with Gasteiger partial charge in [-0.05, 0) is 30.3 Å². The van der Waals surface area contributed by atoms with Crippen LogP contribution >= 0.6 is 0 Å². The van der Waals surface area contributed by atoms with Crippen LogP contribution in [-0.2, 0) is 10.9 Å². The number of pyridine rings is 1. The lowest BCUT2D eigenvalue weighted by Crippen LogP contribution is -2.20. The predicted molar refractivity (Wildman–Crippen MR) is 129 cm³/mol. The van der Waals surface area contributed by atoms with Crippen molar-refractivity contribution < 1.29 is 27.8 Å². The van der Waals surface area contributed by atoms with E-state index >= 15 is 0 Å². The van der Waals surface area contributed by atoms with Crippen molar-refractivity contribution in [3.05, 3.63) is 78.5 Å². The highest BCUT2D eigenvalue weighted by Gasteiger charge is 2.40. The average Bonchev–Trinajstić information content (AvgIpc) is 3.45. The molecule has 3 aromatic carbocycles. The van der Waals surface area contributed by atoms with Crippen molar-refractivity contribution in [3.63, 3.8) is 0 Å². The summed E-state index contributed by atoms with van der Waals surface area (Å²) in [7, 11) is 0. The van der Waals surface area contributed by atoms with Gasteiger partial charge in [0.1, 0.15) is 11.4 Å². The van der Waals surface area contributed by atoms with E-state index in [0.717, 1.165) is 28.6 Å². The van der Waals surface area contributed by atoms with Crippen LogP contribution in [0.5, 0.6) is 11.5 Å². The molecular weight excluding hydrogens is 475 g/mol. The smallest absolute Gasteiger partial charge is 0.416 e. The standard InChI is InChI=1S/C25H20F3N5O3/c26-25(27,28)13-4-3-5-14(12-13)30-22-23(36-22)31-17-8-9-18(16-7-2-1-6-15(16)17)35-19-10-11-29-21-20(19)32-24(34)33-21/h1-12,22-24,30-32,34H,(H,29,33). The monoisotopic (exact) mass is 495 g/mol. The second-order valence-corrected chi connectivity index (χ2v) is 8.33. The molecule has 1 saturated heterocycles. The van der Waals surface area contributed by atoms with Gasteiger partial charge in [0.25, 0.3) is 0 Å². The fourth-order valence-electron chi connectivity index (χ4n) is 4.12. The van der Waals surface area contributed by atoms with Gasteiger partial charge in [-0.2, -0.15) is 13.2 Å². The molecule has 0 amide bonds. The minimum Gasteiger partial charge on any atom is -0.454 e. The number of aliphatic hydroxyl groups excluding tert-OH is 1. The summed E-state index contributed by atoms with van der Waals surface area (Å²) >= 11 is 0. The lowest BCUT2D eigenvalue weighted by Gasteiger charge is -2.14. The van der Waals surface area contributed by atoms with Crippen molar-refractivity contribution in [3.8, 4) is 11.5 Å². The molecule has 8 nitrogen and oxygen atoms in total. The minimum atomic E-state index is -4.41. The molecule has 3 unspecified atom stereocenters. The first kappa shape index (κ1) is 22.3. The number of epoxide rings is 1. The van der Waals surface area contributed by atoms with Gasteiger partial charge in [0.2, 0.25) is 6.35 Å². The summed E-state index contributed by atoms with van der Waals surface area (Å²) in [6.45, 7) is 0. The Bertz CT molecular complexity index is 1450. The van der Waals surface area contributed by atoms with Crippen LogP contribution in [0.4, 0.5) is 36.1 Å². The van der Waals surface area contributed by atoms with Gasteiger partial charge >= 0.3 is 6.18 Å². The zero-order chi connectivity index (χ0) is 24.9. The summed E-state index contributed by atoms with van der Waals surface area (Å²) in [6.07, 6.45) is -4.68. The Kier molecular flexibility index (Phi) is 5.23. The van der Waals surface area contributed by atoms with Gasteiger partial charge in [-0.1, -0.05) is 30.3 Å². The first-order valence-corrected chi connectivity index (χ1v) is 11.1. The van der Waals surface area contributed by atoms with E-state index in [1.807, 2.05) is 36.4 Å². The van der Waals surface area contributed by atoms with Gasteiger partial charge in [-0.15, -0.1) is 0 Å². The number of fused-ring (bicyclic) bond motifs is 2. The van der Waals surface area contributed by atoms with E-state index in [1.165, 1.54) is 6.07 Å². The molecule has 0 bridgehead atoms. The number of aromatic nitrogens is 1. The van der Waals surface area contributed by atoms with E-state index in [9.17, 15) is 18.3 Å². The SMILES string of the molecule is OC1Nc2nccc(Oc3ccc(NC4OC4Nc4cccc(C(F)(F)F)c4)c4ccccc34)c2N1. The molecule has 3 atom stereocenters. The zero-order valence-corrected chi connectivity index (χ0v) is 18.5. The third-order valence-electron chi connectivity index (χ3n) is 5.86. The van der Waals surface area contributed by atoms with Gasteiger partial charge in [-0.3, -0.25) is 0 Å². The molecule has 0 saturated carbocycles. The van der Waals surface area contributed by atoms with E-state index in [2.05, 4.69) is 26.3 Å². The number of ether oxygens (including phenoxy) is 2. The Labute approximate surface area is 203 Å². The van der Waals surface area contributed by atoms with Crippen molar-refractivity contribution in [2.24, 2.45) is 0 Å². The first-order valence-electron chi connectivity index (χ1n) is 11.1. The molecule has 5 N–H and O–H groups in total. The van der Waals surface area contributed by atoms with E-state index in [4.69, 9.17) is 9.47 Å². The molecule has 2 aliphatic rings. The molecule has 1 fully saturated rings. The Hall–Kier alpha value is -4.22. The van der Waals surface area contributed by atoms with Crippen molar-refractivity contribution in [2.45, 2.75) is 25.0 Å². The maximum absolute atomic E-state index is 13.0. The van der Waals surface area contributed by atoms with Gasteiger partial charge < -0.3 is 35.8 Å². The average molecular weight is 495 g/mol. The Morgan fingerprint density at radius 2 is 1.69 bits per heavy atom. The molecule has 3 heterocycles. The summed E-state index contributed by atoms with van der Waals surface area (Å²) in [5, 5.41) is 23.4. The Morgan fingerprint density at radius 3 is 2.53 bits per heavy atom. The molecule has 2 aliphatic heterocycles. The van der Waals surface area contributed by atoms with Gasteiger partial charge in [0, 0.05) is 34.4 Å². The molecule has 1 aromatic heterocycles. The fraction of sp³-hybridized carbons (Fsp3) is 0.160. The third kappa shape index (κ3) is 4.30. The normalized spacial score (nSPS) is 20.3. The van der Waals surface area contributed by atoms with Crippen LogP contribution in [0.1, 0.15) is 5.56 Å². The maximum atomic E-state index is 13.0. The molecule has 6 rings (SSSR count). The molecule has 184 valence electrons. The number of rotatable bonds is 6. The van der Waals surface area contributed by atoms with Crippen molar-refractivity contribution in [1.82, 2.24) is 4.98 Å². The van der Waals surface area contributed by atoms with Gasteiger partial charge in [-0.25, -0.2) is 4.98 Å². The molecule has 4 aromatic rings. The molecule has 0 radical (unpaired) electrons. The van der Waals surface area contributed by atoms with E-state index in [0.29, 0.717) is 28.7 Å². The predicted octanol–water partition coefficient (Wildman–Crippen LogP) is 5.37. The topological polar surface area (TPSA) is 103 Å². The van der Waals surface area contributed by atoms with Crippen LogP contribution < -0.4 is 26.0 Å². The third-order valence-corrected chi connectivity index (χ3v) is 5.86. The van der Waals surface area contributed by atoms with E-state index in [-0.39, 0.29) is 0 Å². The molecular formula is C25H20F3N5O3. The lowest BCUT2D eigenvalue weighted by molar-refractivity contribution is -0.137. The van der Waals surface area contributed by atoms with Crippen LogP contribution in [0.2, 0.25) is 0 Å². The fourth-order valence-corrected chi connectivity index (χ4v) is 4.12.